The lowest BCUT2D eigenvalue weighted by atomic mass is 9.78. The van der Waals surface area contributed by atoms with Crippen LogP contribution >= 0.6 is 0 Å². The van der Waals surface area contributed by atoms with Crippen molar-refractivity contribution in [3.63, 3.8) is 0 Å². The first-order valence-electron chi connectivity index (χ1n) is 5.18. The molecule has 0 aliphatic heterocycles. The van der Waals surface area contributed by atoms with Crippen LogP contribution in [0.1, 0.15) is 10.4 Å². The Morgan fingerprint density at radius 1 is 1.50 bits per heavy atom. The molecule has 1 rings (SSSR count). The first-order chi connectivity index (χ1) is 9.36. The molecular weight excluding hydrogens is 265 g/mol. The number of rotatable bonds is 5. The van der Waals surface area contributed by atoms with Gasteiger partial charge in [-0.2, -0.15) is 10.4 Å². The molecule has 20 heavy (non-hydrogen) atoms. The van der Waals surface area contributed by atoms with Gasteiger partial charge in [0, 0.05) is 5.46 Å². The zero-order valence-corrected chi connectivity index (χ0v) is 10.0. The molecular formula is C10H10BN5O4. The van der Waals surface area contributed by atoms with Crippen molar-refractivity contribution in [1.29, 1.82) is 10.7 Å². The molecule has 0 amide bonds. The molecule has 9 nitrogen and oxygen atoms in total. The van der Waals surface area contributed by atoms with E-state index in [1.54, 1.807) is 6.07 Å². The fourth-order valence-corrected chi connectivity index (χ4v) is 1.27. The van der Waals surface area contributed by atoms with Gasteiger partial charge in [-0.3, -0.25) is 10.8 Å². The lowest BCUT2D eigenvalue weighted by Gasteiger charge is -2.09. The minimum atomic E-state index is -1.86. The van der Waals surface area contributed by atoms with E-state index in [1.807, 2.05) is 0 Å². The first-order valence-corrected chi connectivity index (χ1v) is 5.18. The standard InChI is InChI=1S/C10H10BN5O4/c12-4-8(9(13)14)16-15-7-3-5(10(17)18)1-2-6(7)11(19)20/h1-3,15,19-20H,(H3,13,14)(H,17,18)/b16-8+. The summed E-state index contributed by atoms with van der Waals surface area (Å²) in [6, 6.07) is 5.03. The molecule has 0 heterocycles. The second-order valence-electron chi connectivity index (χ2n) is 3.58. The zero-order valence-electron chi connectivity index (χ0n) is 10.0. The van der Waals surface area contributed by atoms with Crippen molar-refractivity contribution in [1.82, 2.24) is 0 Å². The van der Waals surface area contributed by atoms with E-state index in [2.05, 4.69) is 10.5 Å². The fraction of sp³-hybridized carbons (Fsp3) is 0. The van der Waals surface area contributed by atoms with Gasteiger partial charge >= 0.3 is 13.1 Å². The molecule has 102 valence electrons. The van der Waals surface area contributed by atoms with Gasteiger partial charge in [0.25, 0.3) is 0 Å². The summed E-state index contributed by atoms with van der Waals surface area (Å²) in [7, 11) is -1.86. The molecule has 0 bridgehead atoms. The summed E-state index contributed by atoms with van der Waals surface area (Å²) in [5.74, 6) is -1.80. The molecule has 0 saturated carbocycles. The Bertz CT molecular complexity index is 623. The van der Waals surface area contributed by atoms with Gasteiger partial charge in [0.15, 0.2) is 5.84 Å². The number of carbonyl (C=O) groups is 1. The van der Waals surface area contributed by atoms with Gasteiger partial charge in [0.2, 0.25) is 5.71 Å². The van der Waals surface area contributed by atoms with E-state index in [0.29, 0.717) is 0 Å². The molecule has 0 spiro atoms. The van der Waals surface area contributed by atoms with Crippen LogP contribution < -0.4 is 16.6 Å². The van der Waals surface area contributed by atoms with Crippen LogP contribution in [0.2, 0.25) is 0 Å². The Kier molecular flexibility index (Phi) is 4.79. The van der Waals surface area contributed by atoms with Crippen LogP contribution in [-0.4, -0.2) is 39.8 Å². The molecule has 0 atom stereocenters. The molecule has 0 aliphatic rings. The Labute approximate surface area is 113 Å². The van der Waals surface area contributed by atoms with Crippen LogP contribution in [0.3, 0.4) is 0 Å². The van der Waals surface area contributed by atoms with Crippen LogP contribution in [0.5, 0.6) is 0 Å². The highest BCUT2D eigenvalue weighted by Gasteiger charge is 2.18. The summed E-state index contributed by atoms with van der Waals surface area (Å²) in [6.07, 6.45) is 0. The third-order valence-corrected chi connectivity index (χ3v) is 2.23. The maximum absolute atomic E-state index is 10.8. The molecule has 0 aliphatic carbocycles. The van der Waals surface area contributed by atoms with Gasteiger partial charge in [0.1, 0.15) is 6.07 Å². The average molecular weight is 275 g/mol. The molecule has 10 heteroatoms. The van der Waals surface area contributed by atoms with Crippen molar-refractivity contribution in [2.24, 2.45) is 10.8 Å². The average Bonchev–Trinajstić information content (AvgIpc) is 2.38. The Hall–Kier alpha value is -2.90. The predicted molar refractivity (Wildman–Crippen MR) is 71.8 cm³/mol. The number of carboxylic acid groups (broad SMARTS) is 1. The molecule has 0 saturated heterocycles. The van der Waals surface area contributed by atoms with E-state index in [4.69, 9.17) is 31.6 Å². The molecule has 7 N–H and O–H groups in total. The monoisotopic (exact) mass is 275 g/mol. The number of benzene rings is 1. The van der Waals surface area contributed by atoms with Crippen LogP contribution in [0, 0.1) is 16.7 Å². The number of nitrogens with zero attached hydrogens (tertiary/aromatic N) is 2. The molecule has 0 fully saturated rings. The highest BCUT2D eigenvalue weighted by molar-refractivity contribution is 6.60. The fourth-order valence-electron chi connectivity index (χ4n) is 1.27. The van der Waals surface area contributed by atoms with E-state index in [9.17, 15) is 4.79 Å². The smallest absolute Gasteiger partial charge is 0.478 e. The van der Waals surface area contributed by atoms with Gasteiger partial charge in [-0.1, -0.05) is 6.07 Å². The van der Waals surface area contributed by atoms with Crippen LogP contribution in [0.25, 0.3) is 0 Å². The summed E-state index contributed by atoms with van der Waals surface area (Å²) >= 11 is 0. The number of anilines is 1. The normalized spacial score (nSPS) is 10.6. The number of aromatic carboxylic acids is 1. The number of nitriles is 1. The molecule has 0 unspecified atom stereocenters. The van der Waals surface area contributed by atoms with Crippen LogP contribution in [0.15, 0.2) is 23.3 Å². The highest BCUT2D eigenvalue weighted by atomic mass is 16.4. The van der Waals surface area contributed by atoms with E-state index < -0.39 is 24.6 Å². The van der Waals surface area contributed by atoms with Crippen molar-refractivity contribution in [2.45, 2.75) is 0 Å². The maximum atomic E-state index is 10.8. The van der Waals surface area contributed by atoms with Gasteiger partial charge in [-0.15, -0.1) is 0 Å². The lowest BCUT2D eigenvalue weighted by molar-refractivity contribution is 0.0697. The van der Waals surface area contributed by atoms with E-state index in [1.165, 1.54) is 12.1 Å². The number of amidine groups is 1. The largest absolute Gasteiger partial charge is 0.490 e. The van der Waals surface area contributed by atoms with Gasteiger partial charge in [-0.05, 0) is 12.1 Å². The van der Waals surface area contributed by atoms with E-state index in [-0.39, 0.29) is 16.7 Å². The van der Waals surface area contributed by atoms with Crippen LogP contribution in [-0.2, 0) is 0 Å². The van der Waals surface area contributed by atoms with Gasteiger partial charge in [0.05, 0.1) is 11.3 Å². The predicted octanol–water partition coefficient (Wildman–Crippen LogP) is -1.71. The SMILES string of the molecule is N#C/C(=N\Nc1cc(C(=O)O)ccc1B(O)O)C(=N)N. The third-order valence-electron chi connectivity index (χ3n) is 2.23. The van der Waals surface area contributed by atoms with Crippen LogP contribution in [0.4, 0.5) is 5.69 Å². The summed E-state index contributed by atoms with van der Waals surface area (Å²) in [5, 5.41) is 46.4. The minimum absolute atomic E-state index is 0.0334. The van der Waals surface area contributed by atoms with Crippen molar-refractivity contribution < 1.29 is 19.9 Å². The Morgan fingerprint density at radius 3 is 2.60 bits per heavy atom. The first kappa shape index (κ1) is 15.2. The summed E-state index contributed by atoms with van der Waals surface area (Å²) in [5.41, 5.74) is 6.75. The molecule has 0 radical (unpaired) electrons. The van der Waals surface area contributed by atoms with E-state index in [0.717, 1.165) is 6.07 Å². The number of hydrogen-bond donors (Lipinski definition) is 6. The topological polar surface area (TPSA) is 176 Å². The molecule has 1 aromatic rings. The second-order valence-corrected chi connectivity index (χ2v) is 3.58. The van der Waals surface area contributed by atoms with Gasteiger partial charge in [-0.25, -0.2) is 4.79 Å². The number of hydrogen-bond acceptors (Lipinski definition) is 7. The van der Waals surface area contributed by atoms with Crippen molar-refractivity contribution >= 4 is 35.8 Å². The number of carboxylic acids is 1. The lowest BCUT2D eigenvalue weighted by Crippen LogP contribution is -2.32. The summed E-state index contributed by atoms with van der Waals surface area (Å²) in [6.45, 7) is 0. The number of hydrazone groups is 1. The Balaban J connectivity index is 3.21. The van der Waals surface area contributed by atoms with Crippen molar-refractivity contribution in [2.75, 3.05) is 5.43 Å². The number of nitrogens with one attached hydrogen (secondary N) is 2. The quantitative estimate of drug-likeness (QED) is 0.160. The molecule has 1 aromatic carbocycles. The number of nitrogens with two attached hydrogens (primary N) is 1. The van der Waals surface area contributed by atoms with Gasteiger partial charge < -0.3 is 20.9 Å². The second kappa shape index (κ2) is 6.32. The Morgan fingerprint density at radius 2 is 2.15 bits per heavy atom. The van der Waals surface area contributed by atoms with Crippen molar-refractivity contribution in [3.05, 3.63) is 23.8 Å². The summed E-state index contributed by atoms with van der Waals surface area (Å²) in [4.78, 5) is 10.8. The van der Waals surface area contributed by atoms with Crippen molar-refractivity contribution in [3.8, 4) is 6.07 Å². The molecule has 0 aromatic heterocycles. The van der Waals surface area contributed by atoms with E-state index >= 15 is 0 Å². The summed E-state index contributed by atoms with van der Waals surface area (Å²) < 4.78 is 0. The maximum Gasteiger partial charge on any atom is 0.490 e. The minimum Gasteiger partial charge on any atom is -0.478 e. The zero-order chi connectivity index (χ0) is 15.3. The highest BCUT2D eigenvalue weighted by Crippen LogP contribution is 2.09. The third kappa shape index (κ3) is 3.55.